The summed E-state index contributed by atoms with van der Waals surface area (Å²) in [6, 6.07) is 32.7. The molecular weight excluding hydrogens is 907 g/mol. The van der Waals surface area contributed by atoms with Crippen molar-refractivity contribution in [3.05, 3.63) is 137 Å². The number of amides is 1. The van der Waals surface area contributed by atoms with Gasteiger partial charge in [-0.05, 0) is 109 Å². The molecule has 2 fully saturated rings. The molecule has 2 atom stereocenters. The van der Waals surface area contributed by atoms with E-state index in [2.05, 4.69) is 20.4 Å². The van der Waals surface area contributed by atoms with Crippen LogP contribution in [-0.2, 0) is 19.9 Å². The van der Waals surface area contributed by atoms with Crippen LogP contribution in [0.2, 0.25) is 5.02 Å². The number of carbonyl (C=O) groups excluding carboxylic acids is 1. The maximum Gasteiger partial charge on any atom is 0.501 e. The SMILES string of the molecule is O=C(NS(=O)(=O)c1ccc(NC(CCN2CCNCC2)CSc2ccccc2)c(S(=O)(=O)C(F)(F)F)c1)c1ccc(N2CCC([C@H](O)c3ccccc3-c3ccc(Cl)cc3)CC2)cc1. The molecule has 0 spiro atoms. The highest BCUT2D eigenvalue weighted by Gasteiger charge is 2.48. The van der Waals surface area contributed by atoms with Crippen molar-refractivity contribution in [3.8, 4) is 11.1 Å². The lowest BCUT2D eigenvalue weighted by Crippen LogP contribution is -2.44. The molecule has 2 heterocycles. The van der Waals surface area contributed by atoms with Crippen molar-refractivity contribution in [1.82, 2.24) is 14.9 Å². The van der Waals surface area contributed by atoms with E-state index >= 15 is 0 Å². The first kappa shape index (κ1) is 47.3. The number of halogens is 4. The van der Waals surface area contributed by atoms with Gasteiger partial charge in [0.2, 0.25) is 0 Å². The van der Waals surface area contributed by atoms with Crippen molar-refractivity contribution < 1.29 is 39.9 Å². The third kappa shape index (κ3) is 11.6. The van der Waals surface area contributed by atoms with E-state index in [0.717, 1.165) is 65.6 Å². The Labute approximate surface area is 381 Å². The first-order valence-corrected chi connectivity index (χ1v) is 25.2. The van der Waals surface area contributed by atoms with Gasteiger partial charge in [-0.15, -0.1) is 11.8 Å². The highest BCUT2D eigenvalue weighted by Crippen LogP contribution is 2.39. The zero-order chi connectivity index (χ0) is 45.5. The van der Waals surface area contributed by atoms with Gasteiger partial charge in [-0.2, -0.15) is 13.2 Å². The summed E-state index contributed by atoms with van der Waals surface area (Å²) in [7, 11) is -10.9. The van der Waals surface area contributed by atoms with Gasteiger partial charge in [-0.3, -0.25) is 4.79 Å². The van der Waals surface area contributed by atoms with Crippen molar-refractivity contribution in [1.29, 1.82) is 0 Å². The number of benzene rings is 5. The zero-order valence-corrected chi connectivity index (χ0v) is 37.9. The maximum atomic E-state index is 14.2. The molecule has 64 heavy (non-hydrogen) atoms. The van der Waals surface area contributed by atoms with E-state index in [1.807, 2.05) is 83.6 Å². The number of hydrogen-bond acceptors (Lipinski definition) is 11. The molecule has 1 amide bonds. The quantitative estimate of drug-likeness (QED) is 0.0710. The highest BCUT2D eigenvalue weighted by molar-refractivity contribution is 7.99. The average Bonchev–Trinajstić information content (AvgIpc) is 3.30. The van der Waals surface area contributed by atoms with E-state index in [1.54, 1.807) is 12.1 Å². The number of hydrogen-bond donors (Lipinski definition) is 4. The predicted octanol–water partition coefficient (Wildman–Crippen LogP) is 8.24. The van der Waals surface area contributed by atoms with E-state index in [-0.39, 0.29) is 11.5 Å². The molecule has 5 aromatic rings. The third-order valence-corrected chi connectivity index (χ3v) is 15.8. The smallest absolute Gasteiger partial charge is 0.388 e. The van der Waals surface area contributed by atoms with Crippen LogP contribution in [0, 0.1) is 5.92 Å². The highest BCUT2D eigenvalue weighted by atomic mass is 35.5. The maximum absolute atomic E-state index is 14.2. The lowest BCUT2D eigenvalue weighted by atomic mass is 9.84. The van der Waals surface area contributed by atoms with Gasteiger partial charge in [0.05, 0.1) is 16.7 Å². The van der Waals surface area contributed by atoms with Gasteiger partial charge in [0.25, 0.3) is 25.8 Å². The van der Waals surface area contributed by atoms with Crippen molar-refractivity contribution in [3.63, 3.8) is 0 Å². The summed E-state index contributed by atoms with van der Waals surface area (Å²) in [6.07, 6.45) is 1.12. The number of piperazine rings is 1. The van der Waals surface area contributed by atoms with Crippen LogP contribution in [0.1, 0.15) is 41.3 Å². The number of aliphatic hydroxyl groups excluding tert-OH is 1. The van der Waals surface area contributed by atoms with Crippen molar-refractivity contribution in [2.75, 3.05) is 61.8 Å². The number of sulfonamides is 1. The van der Waals surface area contributed by atoms with Crippen LogP contribution in [0.25, 0.3) is 11.1 Å². The van der Waals surface area contributed by atoms with Crippen LogP contribution < -0.4 is 20.3 Å². The van der Waals surface area contributed by atoms with Gasteiger partial charge in [0.15, 0.2) is 0 Å². The Hall–Kier alpha value is -4.62. The van der Waals surface area contributed by atoms with Gasteiger partial charge in [-0.25, -0.2) is 21.6 Å². The molecule has 340 valence electrons. The van der Waals surface area contributed by atoms with Gasteiger partial charge in [0.1, 0.15) is 4.90 Å². The Kier molecular flexibility index (Phi) is 15.3. The molecule has 2 aliphatic rings. The average molecular weight is 957 g/mol. The lowest BCUT2D eigenvalue weighted by Gasteiger charge is -2.36. The Morgan fingerprint density at radius 2 is 1.50 bits per heavy atom. The second kappa shape index (κ2) is 20.7. The molecule has 18 heteroatoms. The van der Waals surface area contributed by atoms with Crippen molar-refractivity contribution >= 4 is 60.5 Å². The van der Waals surface area contributed by atoms with Crippen molar-refractivity contribution in [2.45, 2.75) is 51.6 Å². The van der Waals surface area contributed by atoms with Crippen molar-refractivity contribution in [2.24, 2.45) is 5.92 Å². The number of thioether (sulfide) groups is 1. The summed E-state index contributed by atoms with van der Waals surface area (Å²) in [4.78, 5) is 16.4. The minimum Gasteiger partial charge on any atom is -0.388 e. The molecule has 5 aromatic carbocycles. The largest absolute Gasteiger partial charge is 0.501 e. The molecule has 7 rings (SSSR count). The van der Waals surface area contributed by atoms with Gasteiger partial charge >= 0.3 is 5.51 Å². The topological polar surface area (TPSA) is 148 Å². The zero-order valence-electron chi connectivity index (χ0n) is 34.7. The predicted molar refractivity (Wildman–Crippen MR) is 246 cm³/mol. The normalized spacial score (nSPS) is 16.5. The second-order valence-electron chi connectivity index (χ2n) is 15.8. The minimum atomic E-state index is -6.06. The standard InChI is InChI=1S/C46H49ClF3N5O6S3/c47-35-14-10-32(11-15-35)40-8-4-5-9-41(40)44(56)33-20-26-55(27-21-33)37-16-12-34(13-17-37)45(57)53-64(60,61)39-18-19-42(43(30-39)63(58,59)46(48,49)50)52-36(22-25-54-28-23-51-24-29-54)31-62-38-6-2-1-3-7-38/h1-19,30,33,36,44,51-52,56H,20-29,31H2,(H,53,57)/t36?,44-/m0/s1. The van der Waals surface area contributed by atoms with Crippen LogP contribution in [-0.4, -0.2) is 95.9 Å². The molecule has 0 aromatic heterocycles. The molecular formula is C46H49ClF3N5O6S3. The van der Waals surface area contributed by atoms with Crippen LogP contribution >= 0.6 is 23.4 Å². The van der Waals surface area contributed by atoms with Gasteiger partial charge in [-0.1, -0.05) is 66.2 Å². The number of aliphatic hydroxyl groups is 1. The molecule has 0 radical (unpaired) electrons. The number of alkyl halides is 3. The van der Waals surface area contributed by atoms with Crippen LogP contribution in [0.5, 0.6) is 0 Å². The number of rotatable bonds is 16. The number of piperidine rings is 1. The van der Waals surface area contributed by atoms with E-state index in [0.29, 0.717) is 55.7 Å². The molecule has 2 aliphatic heterocycles. The first-order valence-electron chi connectivity index (χ1n) is 20.9. The van der Waals surface area contributed by atoms with E-state index in [9.17, 15) is 39.9 Å². The van der Waals surface area contributed by atoms with E-state index in [4.69, 9.17) is 11.6 Å². The fourth-order valence-corrected chi connectivity index (χ4v) is 11.1. The lowest BCUT2D eigenvalue weighted by molar-refractivity contribution is -0.0435. The molecule has 1 unspecified atom stereocenters. The van der Waals surface area contributed by atoms with Crippen LogP contribution in [0.4, 0.5) is 24.5 Å². The number of nitrogens with one attached hydrogen (secondary N) is 3. The number of carbonyl (C=O) groups is 1. The number of nitrogens with zero attached hydrogens (tertiary/aromatic N) is 2. The van der Waals surface area contributed by atoms with Gasteiger partial charge in [0, 0.05) is 78.8 Å². The van der Waals surface area contributed by atoms with Crippen LogP contribution in [0.3, 0.4) is 0 Å². The minimum absolute atomic E-state index is 0.0149. The summed E-state index contributed by atoms with van der Waals surface area (Å²) >= 11 is 7.55. The van der Waals surface area contributed by atoms with E-state index < -0.39 is 58.9 Å². The summed E-state index contributed by atoms with van der Waals surface area (Å²) in [5.74, 6) is -0.696. The van der Waals surface area contributed by atoms with E-state index in [1.165, 1.54) is 23.9 Å². The van der Waals surface area contributed by atoms with Crippen LogP contribution in [0.15, 0.2) is 136 Å². The number of anilines is 2. The van der Waals surface area contributed by atoms with Gasteiger partial charge < -0.3 is 25.5 Å². The molecule has 0 bridgehead atoms. The molecule has 11 nitrogen and oxygen atoms in total. The Morgan fingerprint density at radius 3 is 2.17 bits per heavy atom. The monoisotopic (exact) mass is 955 g/mol. The molecule has 4 N–H and O–H groups in total. The molecule has 0 aliphatic carbocycles. The Morgan fingerprint density at radius 1 is 0.844 bits per heavy atom. The Balaban J connectivity index is 1.02. The summed E-state index contributed by atoms with van der Waals surface area (Å²) < 4.78 is 97.5. The third-order valence-electron chi connectivity index (χ3n) is 11.6. The molecule has 2 saturated heterocycles. The fourth-order valence-electron chi connectivity index (χ4n) is 7.98. The summed E-state index contributed by atoms with van der Waals surface area (Å²) in [6.45, 7) is 4.96. The summed E-state index contributed by atoms with van der Waals surface area (Å²) in [5.41, 5.74) is -2.70. The second-order valence-corrected chi connectivity index (χ2v) is 20.9. The Bertz CT molecular complexity index is 2590. The summed E-state index contributed by atoms with van der Waals surface area (Å²) in [5, 5.41) is 18.4. The number of sulfone groups is 1. The fraction of sp³-hybridized carbons (Fsp3) is 0.326. The molecule has 0 saturated carbocycles. The first-order chi connectivity index (χ1) is 30.6.